The fraction of sp³-hybridized carbons (Fsp3) is 0.441. The molecule has 2 aromatic carbocycles. The molecule has 1 aliphatic carbocycles. The van der Waals surface area contributed by atoms with Gasteiger partial charge < -0.3 is 45.9 Å². The summed E-state index contributed by atoms with van der Waals surface area (Å²) in [6.07, 6.45) is 4.05. The topological polar surface area (TPSA) is 171 Å². The number of aliphatic hydroxyl groups excluding tert-OH is 2. The van der Waals surface area contributed by atoms with Crippen LogP contribution in [-0.4, -0.2) is 98.7 Å². The number of nitrogens with zero attached hydrogens (tertiary/aromatic N) is 4. The molecule has 0 saturated heterocycles. The molecule has 1 fully saturated rings. The lowest BCUT2D eigenvalue weighted by molar-refractivity contribution is -0.138. The molecule has 0 bridgehead atoms. The van der Waals surface area contributed by atoms with E-state index in [-0.39, 0.29) is 12.0 Å². The number of ether oxygens (including phenoxy) is 1. The van der Waals surface area contributed by atoms with Gasteiger partial charge in [-0.05, 0) is 81.2 Å². The first-order valence-electron chi connectivity index (χ1n) is 15.9. The lowest BCUT2D eigenvalue weighted by Gasteiger charge is -2.28. The third kappa shape index (κ3) is 8.39. The van der Waals surface area contributed by atoms with E-state index in [0.29, 0.717) is 43.9 Å². The van der Waals surface area contributed by atoms with Crippen molar-refractivity contribution in [2.24, 2.45) is 11.7 Å². The molecule has 0 aliphatic heterocycles. The zero-order valence-electron chi connectivity index (χ0n) is 26.2. The number of hydrogen-bond donors (Lipinski definition) is 6. The molecule has 1 aliphatic rings. The van der Waals surface area contributed by atoms with Gasteiger partial charge in [0.05, 0.1) is 17.5 Å². The summed E-state index contributed by atoms with van der Waals surface area (Å²) in [4.78, 5) is 22.2. The van der Waals surface area contributed by atoms with Gasteiger partial charge >= 0.3 is 5.97 Å². The number of aliphatic hydroxyl groups is 2. The summed E-state index contributed by atoms with van der Waals surface area (Å²) < 4.78 is 7.79. The third-order valence-electron chi connectivity index (χ3n) is 8.76. The van der Waals surface area contributed by atoms with E-state index in [4.69, 9.17) is 10.5 Å². The summed E-state index contributed by atoms with van der Waals surface area (Å²) in [5, 5.41) is 38.9. The number of rotatable bonds is 17. The first-order chi connectivity index (χ1) is 22.3. The molecule has 0 amide bonds. The molecule has 4 aromatic rings. The second kappa shape index (κ2) is 16.0. The maximum atomic E-state index is 11.4. The fourth-order valence-corrected chi connectivity index (χ4v) is 6.20. The van der Waals surface area contributed by atoms with Crippen LogP contribution in [-0.2, 0) is 11.2 Å². The van der Waals surface area contributed by atoms with Crippen molar-refractivity contribution in [2.75, 3.05) is 45.1 Å². The fourth-order valence-electron chi connectivity index (χ4n) is 6.20. The molecular formula is C34H45N7O5. The molecule has 246 valence electrons. The van der Waals surface area contributed by atoms with Crippen LogP contribution in [0.5, 0.6) is 11.5 Å². The lowest BCUT2D eigenvalue weighted by Crippen LogP contribution is -2.40. The van der Waals surface area contributed by atoms with Crippen molar-refractivity contribution in [3.05, 3.63) is 78.8 Å². The van der Waals surface area contributed by atoms with Crippen molar-refractivity contribution in [1.29, 1.82) is 0 Å². The molecule has 12 nitrogen and oxygen atoms in total. The highest BCUT2D eigenvalue weighted by molar-refractivity contribution is 5.87. The van der Waals surface area contributed by atoms with Crippen LogP contribution in [0.1, 0.15) is 30.9 Å². The van der Waals surface area contributed by atoms with Crippen molar-refractivity contribution in [3.8, 4) is 11.5 Å². The number of carbonyl (C=O) groups is 1. The second-order valence-corrected chi connectivity index (χ2v) is 11.9. The van der Waals surface area contributed by atoms with Gasteiger partial charge in [0.2, 0.25) is 0 Å². The van der Waals surface area contributed by atoms with E-state index in [9.17, 15) is 20.1 Å². The number of carboxylic acid groups (broad SMARTS) is 1. The van der Waals surface area contributed by atoms with Crippen LogP contribution in [0.25, 0.3) is 11.0 Å². The zero-order valence-corrected chi connectivity index (χ0v) is 26.2. The Bertz CT molecular complexity index is 1530. The summed E-state index contributed by atoms with van der Waals surface area (Å²) in [7, 11) is 1.80. The van der Waals surface area contributed by atoms with Crippen LogP contribution < -0.4 is 21.1 Å². The molecule has 1 unspecified atom stereocenters. The third-order valence-corrected chi connectivity index (χ3v) is 8.76. The molecule has 7 N–H and O–H groups in total. The average molecular weight is 632 g/mol. The summed E-state index contributed by atoms with van der Waals surface area (Å²) in [5.41, 5.74) is 7.74. The Morgan fingerprint density at radius 1 is 1.04 bits per heavy atom. The summed E-state index contributed by atoms with van der Waals surface area (Å²) >= 11 is 0. The molecule has 46 heavy (non-hydrogen) atoms. The maximum absolute atomic E-state index is 11.4. The Labute approximate surface area is 269 Å². The second-order valence-electron chi connectivity index (χ2n) is 11.9. The monoisotopic (exact) mass is 631 g/mol. The minimum absolute atomic E-state index is 0.203. The van der Waals surface area contributed by atoms with Crippen LogP contribution >= 0.6 is 0 Å². The molecule has 5 rings (SSSR count). The summed E-state index contributed by atoms with van der Waals surface area (Å²) in [5.74, 6) is 1.08. The summed E-state index contributed by atoms with van der Waals surface area (Å²) in [6, 6.07) is 18.4. The van der Waals surface area contributed by atoms with Crippen molar-refractivity contribution >= 4 is 22.8 Å². The predicted octanol–water partition coefficient (Wildman–Crippen LogP) is 2.87. The smallest absolute Gasteiger partial charge is 0.320 e. The van der Waals surface area contributed by atoms with E-state index >= 15 is 0 Å². The number of aliphatic carboxylic acids is 1. The Balaban J connectivity index is 1.11. The Hall–Kier alpha value is -4.07. The SMILES string of the molecule is CNc1ncnc2c1ccn2[C@@H]1C[C@H](CN(CCCNCCc2ccc(Oc3ccccc3)cc2)CCC(N)C(=O)O)[C@@H](O)[C@H]1O. The van der Waals surface area contributed by atoms with Crippen LogP contribution in [0.4, 0.5) is 5.82 Å². The number of nitrogens with one attached hydrogen (secondary N) is 2. The number of anilines is 1. The number of carboxylic acids is 1. The van der Waals surface area contributed by atoms with Crippen molar-refractivity contribution in [3.63, 3.8) is 0 Å². The molecule has 2 aromatic heterocycles. The van der Waals surface area contributed by atoms with Crippen molar-refractivity contribution < 1.29 is 24.9 Å². The Morgan fingerprint density at radius 2 is 1.80 bits per heavy atom. The van der Waals surface area contributed by atoms with Gasteiger partial charge in [-0.2, -0.15) is 0 Å². The van der Waals surface area contributed by atoms with Crippen LogP contribution in [0.15, 0.2) is 73.2 Å². The molecule has 12 heteroatoms. The number of fused-ring (bicyclic) bond motifs is 1. The predicted molar refractivity (Wildman–Crippen MR) is 177 cm³/mol. The largest absolute Gasteiger partial charge is 0.480 e. The zero-order chi connectivity index (χ0) is 32.5. The molecule has 0 spiro atoms. The van der Waals surface area contributed by atoms with Crippen molar-refractivity contribution in [2.45, 2.75) is 50.0 Å². The van der Waals surface area contributed by atoms with Crippen LogP contribution in [0, 0.1) is 5.92 Å². The molecule has 2 heterocycles. The molecule has 1 saturated carbocycles. The van der Waals surface area contributed by atoms with Gasteiger partial charge in [0.1, 0.15) is 41.4 Å². The minimum Gasteiger partial charge on any atom is -0.480 e. The lowest BCUT2D eigenvalue weighted by atomic mass is 10.0. The number of para-hydroxylation sites is 1. The van der Waals surface area contributed by atoms with Gasteiger partial charge in [-0.1, -0.05) is 30.3 Å². The standard InChI is InChI=1S/C34H45N7O5/c1-36-32-27-13-19-41(33(27)39-22-38-32)29-20-24(30(42)31(29)43)21-40(18-14-28(35)34(44)45)17-5-15-37-16-12-23-8-10-26(11-9-23)46-25-6-3-2-4-7-25/h2-4,6-11,13,19,22,24,28-31,37,42-43H,5,12,14-18,20-21,35H2,1H3,(H,44,45)(H,36,38,39)/t24-,28?,29-,30-,31+/m1/s1. The van der Waals surface area contributed by atoms with E-state index in [2.05, 4.69) is 37.6 Å². The Kier molecular flexibility index (Phi) is 11.6. The van der Waals surface area contributed by atoms with E-state index in [1.807, 2.05) is 59.3 Å². The Morgan fingerprint density at radius 3 is 2.54 bits per heavy atom. The van der Waals surface area contributed by atoms with Crippen molar-refractivity contribution in [1.82, 2.24) is 24.8 Å². The van der Waals surface area contributed by atoms with Gasteiger partial charge in [-0.3, -0.25) is 4.79 Å². The van der Waals surface area contributed by atoms with Gasteiger partial charge in [0, 0.05) is 32.3 Å². The number of benzene rings is 2. The van der Waals surface area contributed by atoms with E-state index in [0.717, 1.165) is 42.8 Å². The molecule has 0 radical (unpaired) electrons. The highest BCUT2D eigenvalue weighted by Gasteiger charge is 2.43. The quantitative estimate of drug-likeness (QED) is 0.0947. The minimum atomic E-state index is -1.03. The average Bonchev–Trinajstić information content (AvgIpc) is 3.62. The first kappa shape index (κ1) is 33.3. The number of aromatic nitrogens is 3. The maximum Gasteiger partial charge on any atom is 0.320 e. The normalized spacial score (nSPS) is 20.3. The van der Waals surface area contributed by atoms with Gasteiger partial charge in [0.25, 0.3) is 0 Å². The van der Waals surface area contributed by atoms with Crippen LogP contribution in [0.2, 0.25) is 0 Å². The first-order valence-corrected chi connectivity index (χ1v) is 15.9. The van der Waals surface area contributed by atoms with Gasteiger partial charge in [-0.25, -0.2) is 9.97 Å². The van der Waals surface area contributed by atoms with E-state index in [1.165, 1.54) is 11.9 Å². The van der Waals surface area contributed by atoms with E-state index < -0.39 is 24.2 Å². The van der Waals surface area contributed by atoms with E-state index in [1.54, 1.807) is 7.05 Å². The summed E-state index contributed by atoms with van der Waals surface area (Å²) in [6.45, 7) is 3.33. The van der Waals surface area contributed by atoms with Gasteiger partial charge in [0.15, 0.2) is 0 Å². The van der Waals surface area contributed by atoms with Gasteiger partial charge in [-0.15, -0.1) is 0 Å². The highest BCUT2D eigenvalue weighted by Crippen LogP contribution is 2.38. The molecule has 5 atom stereocenters. The number of nitrogens with two attached hydrogens (primary N) is 1. The number of hydrogen-bond acceptors (Lipinski definition) is 10. The van der Waals surface area contributed by atoms with Crippen LogP contribution in [0.3, 0.4) is 0 Å². The molecular weight excluding hydrogens is 586 g/mol. The highest BCUT2D eigenvalue weighted by atomic mass is 16.5.